The minimum Gasteiger partial charge on any atom is -0.345 e. The van der Waals surface area contributed by atoms with E-state index >= 15 is 0 Å². The highest BCUT2D eigenvalue weighted by Gasteiger charge is 2.12. The fourth-order valence-electron chi connectivity index (χ4n) is 3.01. The second-order valence-corrected chi connectivity index (χ2v) is 6.29. The van der Waals surface area contributed by atoms with E-state index in [-0.39, 0.29) is 11.9 Å². The van der Waals surface area contributed by atoms with Crippen molar-refractivity contribution in [2.45, 2.75) is 13.0 Å². The Balaban J connectivity index is 1.48. The van der Waals surface area contributed by atoms with Gasteiger partial charge < -0.3 is 9.72 Å². The fourth-order valence-corrected chi connectivity index (χ4v) is 3.01. The number of aromatic nitrogens is 2. The number of hydrogen-bond acceptors (Lipinski definition) is 2. The number of rotatable bonds is 4. The number of carbonyl (C=O) groups excluding carboxylic acids is 1. The van der Waals surface area contributed by atoms with Gasteiger partial charge in [0.05, 0.1) is 11.6 Å². The largest absolute Gasteiger partial charge is 0.345 e. The first-order valence-electron chi connectivity index (χ1n) is 8.60. The highest BCUT2D eigenvalue weighted by molar-refractivity contribution is 5.94. The molecule has 0 spiro atoms. The van der Waals surface area contributed by atoms with Crippen LogP contribution in [0.15, 0.2) is 85.3 Å². The molecule has 128 valence electrons. The van der Waals surface area contributed by atoms with Crippen molar-refractivity contribution in [3.05, 3.63) is 96.4 Å². The fraction of sp³-hybridized carbons (Fsp3) is 0.0909. The Bertz CT molecular complexity index is 1040. The molecule has 0 aliphatic carbocycles. The number of nitrogens with zero attached hydrogens (tertiary/aromatic N) is 2. The number of carbonyl (C=O) groups is 1. The molecule has 0 aliphatic rings. The molecule has 0 radical (unpaired) electrons. The van der Waals surface area contributed by atoms with E-state index in [1.54, 1.807) is 18.5 Å². The smallest absolute Gasteiger partial charge is 0.253 e. The van der Waals surface area contributed by atoms with Crippen molar-refractivity contribution in [2.24, 2.45) is 0 Å². The number of benzene rings is 2. The lowest BCUT2D eigenvalue weighted by Crippen LogP contribution is -2.26. The third-order valence-corrected chi connectivity index (χ3v) is 4.52. The molecule has 2 aromatic heterocycles. The summed E-state index contributed by atoms with van der Waals surface area (Å²) >= 11 is 0. The number of fused-ring (bicyclic) bond motifs is 1. The zero-order valence-electron chi connectivity index (χ0n) is 14.5. The average Bonchev–Trinajstić information content (AvgIpc) is 3.16. The summed E-state index contributed by atoms with van der Waals surface area (Å²) < 4.78 is 1.84. The van der Waals surface area contributed by atoms with Crippen LogP contribution in [0.5, 0.6) is 0 Å². The minimum absolute atomic E-state index is 0.0780. The molecule has 0 aliphatic heterocycles. The molecule has 1 N–H and O–H groups in total. The molecule has 4 aromatic rings. The molecular weight excluding hydrogens is 322 g/mol. The summed E-state index contributed by atoms with van der Waals surface area (Å²) in [5, 5.41) is 3.06. The van der Waals surface area contributed by atoms with Gasteiger partial charge in [0.2, 0.25) is 0 Å². The van der Waals surface area contributed by atoms with Crippen molar-refractivity contribution < 1.29 is 4.79 Å². The molecule has 0 fully saturated rings. The van der Waals surface area contributed by atoms with Crippen LogP contribution in [0.2, 0.25) is 0 Å². The van der Waals surface area contributed by atoms with Gasteiger partial charge in [0.1, 0.15) is 5.65 Å². The van der Waals surface area contributed by atoms with Gasteiger partial charge in [-0.25, -0.2) is 4.98 Å². The highest BCUT2D eigenvalue weighted by Crippen LogP contribution is 2.22. The summed E-state index contributed by atoms with van der Waals surface area (Å²) in [6.45, 7) is 1.99. The van der Waals surface area contributed by atoms with Crippen molar-refractivity contribution in [3.8, 4) is 11.1 Å². The predicted octanol–water partition coefficient (Wildman–Crippen LogP) is 4.49. The SMILES string of the molecule is C[C@H](NC(=O)c1ccc2nccn2c1)c1ccc(-c2ccccc2)cc1. The van der Waals surface area contributed by atoms with E-state index in [1.165, 1.54) is 11.1 Å². The number of hydrogen-bond donors (Lipinski definition) is 1. The van der Waals surface area contributed by atoms with Crippen molar-refractivity contribution >= 4 is 11.6 Å². The lowest BCUT2D eigenvalue weighted by atomic mass is 10.0. The zero-order valence-corrected chi connectivity index (χ0v) is 14.5. The molecule has 4 nitrogen and oxygen atoms in total. The van der Waals surface area contributed by atoms with Crippen LogP contribution in [0.3, 0.4) is 0 Å². The molecule has 2 heterocycles. The molecule has 0 bridgehead atoms. The van der Waals surface area contributed by atoms with Gasteiger partial charge in [-0.15, -0.1) is 0 Å². The Kier molecular flexibility index (Phi) is 4.23. The maximum atomic E-state index is 12.5. The van der Waals surface area contributed by atoms with Gasteiger partial charge in [-0.3, -0.25) is 4.79 Å². The molecule has 1 atom stereocenters. The van der Waals surface area contributed by atoms with Gasteiger partial charge >= 0.3 is 0 Å². The normalized spacial score (nSPS) is 12.0. The minimum atomic E-state index is -0.0970. The lowest BCUT2D eigenvalue weighted by molar-refractivity contribution is 0.0939. The Hall–Kier alpha value is -3.40. The van der Waals surface area contributed by atoms with E-state index in [1.807, 2.05) is 41.8 Å². The third-order valence-electron chi connectivity index (χ3n) is 4.52. The Morgan fingerprint density at radius 1 is 0.962 bits per heavy atom. The quantitative estimate of drug-likeness (QED) is 0.594. The van der Waals surface area contributed by atoms with Crippen molar-refractivity contribution in [3.63, 3.8) is 0 Å². The van der Waals surface area contributed by atoms with Gasteiger partial charge in [0.15, 0.2) is 0 Å². The van der Waals surface area contributed by atoms with Crippen LogP contribution >= 0.6 is 0 Å². The van der Waals surface area contributed by atoms with Gasteiger partial charge in [0, 0.05) is 18.6 Å². The first-order chi connectivity index (χ1) is 12.7. The van der Waals surface area contributed by atoms with E-state index in [4.69, 9.17) is 0 Å². The first-order valence-corrected chi connectivity index (χ1v) is 8.60. The van der Waals surface area contributed by atoms with Gasteiger partial charge in [-0.2, -0.15) is 0 Å². The summed E-state index contributed by atoms with van der Waals surface area (Å²) in [7, 11) is 0. The second kappa shape index (κ2) is 6.84. The Morgan fingerprint density at radius 2 is 1.69 bits per heavy atom. The molecule has 4 heteroatoms. The summed E-state index contributed by atoms with van der Waals surface area (Å²) in [5.74, 6) is -0.0970. The summed E-state index contributed by atoms with van der Waals surface area (Å²) in [6.07, 6.45) is 5.34. The molecule has 2 aromatic carbocycles. The average molecular weight is 341 g/mol. The van der Waals surface area contributed by atoms with E-state index in [2.05, 4.69) is 46.7 Å². The monoisotopic (exact) mass is 341 g/mol. The van der Waals surface area contributed by atoms with Crippen LogP contribution in [-0.4, -0.2) is 15.3 Å². The maximum absolute atomic E-state index is 12.5. The van der Waals surface area contributed by atoms with E-state index < -0.39 is 0 Å². The standard InChI is InChI=1S/C22H19N3O/c1-16(17-7-9-19(10-8-17)18-5-3-2-4-6-18)24-22(26)20-11-12-21-23-13-14-25(21)15-20/h2-16H,1H3,(H,24,26)/t16-/m0/s1. The molecule has 0 unspecified atom stereocenters. The van der Waals surface area contributed by atoms with Crippen molar-refractivity contribution in [2.75, 3.05) is 0 Å². The van der Waals surface area contributed by atoms with Crippen molar-refractivity contribution in [1.82, 2.24) is 14.7 Å². The van der Waals surface area contributed by atoms with Gasteiger partial charge in [0.25, 0.3) is 5.91 Å². The van der Waals surface area contributed by atoms with E-state index in [0.29, 0.717) is 5.56 Å². The molecule has 0 saturated carbocycles. The Labute approximate surface area is 152 Å². The molecule has 1 amide bonds. The van der Waals surface area contributed by atoms with E-state index in [0.717, 1.165) is 11.2 Å². The van der Waals surface area contributed by atoms with Crippen LogP contribution < -0.4 is 5.32 Å². The van der Waals surface area contributed by atoms with Crippen LogP contribution in [0.4, 0.5) is 0 Å². The van der Waals surface area contributed by atoms with Gasteiger partial charge in [-0.1, -0.05) is 54.6 Å². The molecule has 26 heavy (non-hydrogen) atoms. The first kappa shape index (κ1) is 16.1. The lowest BCUT2D eigenvalue weighted by Gasteiger charge is -2.15. The maximum Gasteiger partial charge on any atom is 0.253 e. The second-order valence-electron chi connectivity index (χ2n) is 6.29. The summed E-state index contributed by atoms with van der Waals surface area (Å²) in [4.78, 5) is 16.7. The van der Waals surface area contributed by atoms with Crippen molar-refractivity contribution in [1.29, 1.82) is 0 Å². The predicted molar refractivity (Wildman–Crippen MR) is 103 cm³/mol. The number of pyridine rings is 1. The summed E-state index contributed by atoms with van der Waals surface area (Å²) in [5.41, 5.74) is 4.86. The van der Waals surface area contributed by atoms with Crippen LogP contribution in [0.25, 0.3) is 16.8 Å². The molecular formula is C22H19N3O. The molecule has 4 rings (SSSR count). The Morgan fingerprint density at radius 3 is 2.46 bits per heavy atom. The number of amides is 1. The zero-order chi connectivity index (χ0) is 17.9. The molecule has 0 saturated heterocycles. The van der Waals surface area contributed by atoms with Crippen LogP contribution in [-0.2, 0) is 0 Å². The topological polar surface area (TPSA) is 46.4 Å². The number of nitrogens with one attached hydrogen (secondary N) is 1. The van der Waals surface area contributed by atoms with Gasteiger partial charge in [-0.05, 0) is 35.7 Å². The summed E-state index contributed by atoms with van der Waals surface area (Å²) in [6, 6.07) is 22.1. The van der Waals surface area contributed by atoms with E-state index in [9.17, 15) is 4.79 Å². The van der Waals surface area contributed by atoms with Crippen LogP contribution in [0.1, 0.15) is 28.9 Å². The van der Waals surface area contributed by atoms with Crippen LogP contribution in [0, 0.1) is 0 Å². The third kappa shape index (κ3) is 3.22. The highest BCUT2D eigenvalue weighted by atomic mass is 16.1. The number of imidazole rings is 1.